The number of halogens is 3. The molecule has 0 radical (unpaired) electrons. The van der Waals surface area contributed by atoms with E-state index in [9.17, 15) is 18.0 Å². The zero-order valence-corrected chi connectivity index (χ0v) is 19.0. The number of methoxy groups -OCH3 is 3. The number of rotatable bonds is 8. The maximum absolute atomic E-state index is 13.4. The SMILES string of the molecule is COc1cc(-c2ccc3c(c2)ncn3-c2cc(OC)c(C(=O)NC(F)C(F)F)c(OC)c2)ccn1. The smallest absolute Gasteiger partial charge is 0.287 e. The molecule has 4 aromatic rings. The van der Waals surface area contributed by atoms with Crippen molar-refractivity contribution in [3.05, 3.63) is 60.6 Å². The quantitative estimate of drug-likeness (QED) is 0.372. The molecule has 0 saturated heterocycles. The summed E-state index contributed by atoms with van der Waals surface area (Å²) in [6, 6.07) is 12.4. The highest BCUT2D eigenvalue weighted by Crippen LogP contribution is 2.34. The van der Waals surface area contributed by atoms with Crippen LogP contribution in [0, 0.1) is 0 Å². The molecule has 0 aliphatic carbocycles. The lowest BCUT2D eigenvalue weighted by molar-refractivity contribution is 0.0285. The summed E-state index contributed by atoms with van der Waals surface area (Å²) in [6.45, 7) is 0. The highest BCUT2D eigenvalue weighted by atomic mass is 19.3. The van der Waals surface area contributed by atoms with Gasteiger partial charge in [0.1, 0.15) is 23.4 Å². The second-order valence-corrected chi connectivity index (χ2v) is 7.34. The van der Waals surface area contributed by atoms with E-state index in [1.54, 1.807) is 29.5 Å². The number of fused-ring (bicyclic) bond motifs is 1. The van der Waals surface area contributed by atoms with E-state index in [1.165, 1.54) is 26.4 Å². The number of nitrogens with one attached hydrogen (secondary N) is 1. The van der Waals surface area contributed by atoms with Crippen LogP contribution in [0.15, 0.2) is 55.0 Å². The summed E-state index contributed by atoms with van der Waals surface area (Å²) in [5.74, 6) is -0.573. The van der Waals surface area contributed by atoms with Crippen molar-refractivity contribution >= 4 is 16.9 Å². The van der Waals surface area contributed by atoms with Gasteiger partial charge in [-0.3, -0.25) is 9.36 Å². The molecule has 0 spiro atoms. The van der Waals surface area contributed by atoms with Crippen molar-refractivity contribution in [2.45, 2.75) is 12.7 Å². The van der Waals surface area contributed by atoms with Crippen LogP contribution < -0.4 is 19.5 Å². The molecule has 1 amide bonds. The van der Waals surface area contributed by atoms with Crippen LogP contribution in [-0.4, -0.2) is 54.5 Å². The lowest BCUT2D eigenvalue weighted by Gasteiger charge is -2.17. The largest absolute Gasteiger partial charge is 0.496 e. The van der Waals surface area contributed by atoms with Crippen molar-refractivity contribution in [1.82, 2.24) is 19.9 Å². The Morgan fingerprint density at radius 2 is 1.60 bits per heavy atom. The Labute approximate surface area is 198 Å². The number of carbonyl (C=O) groups is 1. The zero-order valence-electron chi connectivity index (χ0n) is 19.0. The Kier molecular flexibility index (Phi) is 6.76. The Morgan fingerprint density at radius 3 is 2.23 bits per heavy atom. The molecule has 0 saturated carbocycles. The van der Waals surface area contributed by atoms with Crippen molar-refractivity contribution in [1.29, 1.82) is 0 Å². The number of aromatic nitrogens is 3. The number of nitrogens with zero attached hydrogens (tertiary/aromatic N) is 3. The van der Waals surface area contributed by atoms with E-state index >= 15 is 0 Å². The third-order valence-electron chi connectivity index (χ3n) is 5.31. The highest BCUT2D eigenvalue weighted by molar-refractivity contribution is 6.00. The summed E-state index contributed by atoms with van der Waals surface area (Å²) in [5.41, 5.74) is 3.57. The van der Waals surface area contributed by atoms with E-state index < -0.39 is 18.6 Å². The molecule has 1 unspecified atom stereocenters. The fraction of sp³-hybridized carbons (Fsp3) is 0.208. The van der Waals surface area contributed by atoms with Crippen LogP contribution in [0.4, 0.5) is 13.2 Å². The van der Waals surface area contributed by atoms with E-state index in [0.717, 1.165) is 16.6 Å². The first-order valence-electron chi connectivity index (χ1n) is 10.3. The number of amides is 1. The van der Waals surface area contributed by atoms with Gasteiger partial charge >= 0.3 is 0 Å². The van der Waals surface area contributed by atoms with Gasteiger partial charge in [-0.25, -0.2) is 23.1 Å². The molecule has 2 aromatic carbocycles. The van der Waals surface area contributed by atoms with Gasteiger partial charge < -0.3 is 19.5 Å². The minimum absolute atomic E-state index is 0.0145. The van der Waals surface area contributed by atoms with Gasteiger partial charge in [0.15, 0.2) is 0 Å². The minimum atomic E-state index is -3.37. The molecule has 0 aliphatic heterocycles. The van der Waals surface area contributed by atoms with Crippen molar-refractivity contribution < 1.29 is 32.2 Å². The number of ether oxygens (including phenoxy) is 3. The molecule has 0 aliphatic rings. The molecule has 2 aromatic heterocycles. The van der Waals surface area contributed by atoms with E-state index in [-0.39, 0.29) is 17.1 Å². The maximum atomic E-state index is 13.4. The average molecular weight is 486 g/mol. The predicted octanol–water partition coefficient (Wildman–Crippen LogP) is 4.40. The van der Waals surface area contributed by atoms with Gasteiger partial charge in [0.2, 0.25) is 12.2 Å². The molecule has 8 nitrogen and oxygen atoms in total. The second-order valence-electron chi connectivity index (χ2n) is 7.34. The first kappa shape index (κ1) is 23.9. The van der Waals surface area contributed by atoms with Crippen LogP contribution in [0.5, 0.6) is 17.4 Å². The van der Waals surface area contributed by atoms with Crippen LogP contribution in [-0.2, 0) is 0 Å². The molecular formula is C24H21F3N4O4. The lowest BCUT2D eigenvalue weighted by atomic mass is 10.1. The molecular weight excluding hydrogens is 465 g/mol. The monoisotopic (exact) mass is 486 g/mol. The third-order valence-corrected chi connectivity index (χ3v) is 5.31. The maximum Gasteiger partial charge on any atom is 0.287 e. The zero-order chi connectivity index (χ0) is 25.1. The molecule has 0 fully saturated rings. The van der Waals surface area contributed by atoms with Gasteiger partial charge in [-0.15, -0.1) is 0 Å². The van der Waals surface area contributed by atoms with Crippen LogP contribution in [0.2, 0.25) is 0 Å². The van der Waals surface area contributed by atoms with E-state index in [1.807, 2.05) is 30.3 Å². The fourth-order valence-electron chi connectivity index (χ4n) is 3.62. The number of hydrogen-bond acceptors (Lipinski definition) is 6. The molecule has 35 heavy (non-hydrogen) atoms. The molecule has 1 N–H and O–H groups in total. The summed E-state index contributed by atoms with van der Waals surface area (Å²) >= 11 is 0. The molecule has 0 bridgehead atoms. The second kappa shape index (κ2) is 9.92. The Bertz CT molecular complexity index is 1350. The molecule has 4 rings (SSSR count). The number of carbonyl (C=O) groups excluding carboxylic acids is 1. The summed E-state index contributed by atoms with van der Waals surface area (Å²) in [7, 11) is 4.15. The summed E-state index contributed by atoms with van der Waals surface area (Å²) < 4.78 is 56.1. The normalized spacial score (nSPS) is 12.0. The van der Waals surface area contributed by atoms with Crippen molar-refractivity contribution in [3.63, 3.8) is 0 Å². The van der Waals surface area contributed by atoms with Gasteiger partial charge in [-0.2, -0.15) is 0 Å². The summed E-state index contributed by atoms with van der Waals surface area (Å²) in [5, 5.41) is 1.61. The highest BCUT2D eigenvalue weighted by Gasteiger charge is 2.27. The van der Waals surface area contributed by atoms with Crippen molar-refractivity contribution in [2.75, 3.05) is 21.3 Å². The predicted molar refractivity (Wildman–Crippen MR) is 122 cm³/mol. The average Bonchev–Trinajstić information content (AvgIpc) is 3.31. The Hall–Kier alpha value is -4.28. The number of hydrogen-bond donors (Lipinski definition) is 1. The number of imidazole rings is 1. The number of alkyl halides is 3. The van der Waals surface area contributed by atoms with Crippen LogP contribution in [0.3, 0.4) is 0 Å². The standard InChI is InChI=1S/C24H21F3N4O4/c1-33-18-10-15(11-19(34-2)21(18)24(32)30-23(27)22(25)26)31-12-29-16-8-13(4-5-17(16)31)14-6-7-28-20(9-14)35-3/h4-12,22-23H,1-3H3,(H,30,32). The third kappa shape index (κ3) is 4.70. The van der Waals surface area contributed by atoms with Gasteiger partial charge in [-0.1, -0.05) is 6.07 Å². The molecule has 2 heterocycles. The van der Waals surface area contributed by atoms with Crippen molar-refractivity contribution in [3.8, 4) is 34.2 Å². The Morgan fingerprint density at radius 1 is 0.914 bits per heavy atom. The minimum Gasteiger partial charge on any atom is -0.496 e. The fourth-order valence-corrected chi connectivity index (χ4v) is 3.62. The molecule has 11 heteroatoms. The first-order valence-corrected chi connectivity index (χ1v) is 10.3. The summed E-state index contributed by atoms with van der Waals surface area (Å²) in [6.07, 6.45) is -2.96. The lowest BCUT2D eigenvalue weighted by Crippen LogP contribution is -2.36. The van der Waals surface area contributed by atoms with E-state index in [0.29, 0.717) is 17.1 Å². The van der Waals surface area contributed by atoms with E-state index in [4.69, 9.17) is 14.2 Å². The van der Waals surface area contributed by atoms with E-state index in [2.05, 4.69) is 9.97 Å². The van der Waals surface area contributed by atoms with Gasteiger partial charge in [0.05, 0.1) is 38.1 Å². The van der Waals surface area contributed by atoms with Crippen LogP contribution in [0.25, 0.3) is 27.8 Å². The van der Waals surface area contributed by atoms with Gasteiger partial charge in [-0.05, 0) is 29.3 Å². The van der Waals surface area contributed by atoms with Crippen LogP contribution in [0.1, 0.15) is 10.4 Å². The number of pyridine rings is 1. The molecule has 1 atom stereocenters. The topological polar surface area (TPSA) is 87.5 Å². The Balaban J connectivity index is 1.74. The number of benzene rings is 2. The van der Waals surface area contributed by atoms with Crippen molar-refractivity contribution in [2.24, 2.45) is 0 Å². The first-order chi connectivity index (χ1) is 16.9. The van der Waals surface area contributed by atoms with Crippen LogP contribution >= 0.6 is 0 Å². The van der Waals surface area contributed by atoms with Gasteiger partial charge in [0.25, 0.3) is 12.3 Å². The van der Waals surface area contributed by atoms with Gasteiger partial charge in [0, 0.05) is 24.4 Å². The summed E-state index contributed by atoms with van der Waals surface area (Å²) in [4.78, 5) is 21.1. The molecule has 182 valence electrons.